The van der Waals surface area contributed by atoms with Gasteiger partial charge in [-0.25, -0.2) is 0 Å². The average Bonchev–Trinajstić information content (AvgIpc) is 3.28. The summed E-state index contributed by atoms with van der Waals surface area (Å²) in [6.45, 7) is 5.18. The summed E-state index contributed by atoms with van der Waals surface area (Å²) >= 11 is 0. The number of halogens is 2. The molecule has 0 spiro atoms. The molecule has 2 aliphatic carbocycles. The zero-order chi connectivity index (χ0) is 19.9. The molecule has 0 aromatic heterocycles. The highest BCUT2D eigenvalue weighted by Crippen LogP contribution is 2.52. The van der Waals surface area contributed by atoms with Crippen molar-refractivity contribution in [2.24, 2.45) is 23.7 Å². The highest BCUT2D eigenvalue weighted by Gasteiger charge is 2.44. The molecule has 2 nitrogen and oxygen atoms in total. The van der Waals surface area contributed by atoms with Gasteiger partial charge in [0.2, 0.25) is 11.6 Å². The van der Waals surface area contributed by atoms with Gasteiger partial charge in [-0.2, -0.15) is 8.78 Å². The lowest BCUT2D eigenvalue weighted by molar-refractivity contribution is 0.193. The van der Waals surface area contributed by atoms with E-state index in [4.69, 9.17) is 9.47 Å². The third-order valence-electron chi connectivity index (χ3n) is 6.90. The fourth-order valence-electron chi connectivity index (χ4n) is 5.32. The van der Waals surface area contributed by atoms with Crippen molar-refractivity contribution >= 4 is 0 Å². The number of unbranched alkanes of at least 4 members (excludes halogenated alkanes) is 3. The smallest absolute Gasteiger partial charge is 0.204 e. The lowest BCUT2D eigenvalue weighted by atomic mass is 9.86. The van der Waals surface area contributed by atoms with Crippen LogP contribution in [0.5, 0.6) is 11.5 Å². The van der Waals surface area contributed by atoms with E-state index >= 15 is 0 Å². The van der Waals surface area contributed by atoms with E-state index in [2.05, 4.69) is 6.92 Å². The lowest BCUT2D eigenvalue weighted by Gasteiger charge is -2.21. The molecule has 1 aromatic rings. The number of hydrogen-bond acceptors (Lipinski definition) is 2. The second-order valence-corrected chi connectivity index (χ2v) is 8.70. The van der Waals surface area contributed by atoms with Crippen LogP contribution in [-0.2, 0) is 0 Å². The summed E-state index contributed by atoms with van der Waals surface area (Å²) in [5.41, 5.74) is 0. The van der Waals surface area contributed by atoms with Gasteiger partial charge in [0, 0.05) is 0 Å². The van der Waals surface area contributed by atoms with E-state index in [1.54, 1.807) is 0 Å². The van der Waals surface area contributed by atoms with E-state index in [0.717, 1.165) is 31.1 Å². The maximum atomic E-state index is 14.4. The van der Waals surface area contributed by atoms with Crippen LogP contribution < -0.4 is 9.47 Å². The van der Waals surface area contributed by atoms with Crippen molar-refractivity contribution in [3.63, 3.8) is 0 Å². The number of fused-ring (bicyclic) bond motifs is 1. The summed E-state index contributed by atoms with van der Waals surface area (Å²) in [4.78, 5) is 0. The van der Waals surface area contributed by atoms with Gasteiger partial charge in [-0.05, 0) is 67.9 Å². The first-order chi connectivity index (χ1) is 13.7. The highest BCUT2D eigenvalue weighted by atomic mass is 19.2. The van der Waals surface area contributed by atoms with Crippen molar-refractivity contribution in [2.45, 2.75) is 78.1 Å². The molecule has 0 amide bonds. The topological polar surface area (TPSA) is 18.5 Å². The molecule has 4 heteroatoms. The standard InChI is InChI=1S/C24H36F2O2/c1-3-5-7-8-17-9-11-20-18(10-12-19(17)20)16-28-22-14-13-21(23(25)24(22)26)27-15-6-4-2/h13-14,17-20H,3-12,15-16H2,1-2H3. The fourth-order valence-corrected chi connectivity index (χ4v) is 5.32. The first kappa shape index (κ1) is 21.4. The Morgan fingerprint density at radius 2 is 1.39 bits per heavy atom. The van der Waals surface area contributed by atoms with Crippen LogP contribution in [0.3, 0.4) is 0 Å². The molecule has 0 bridgehead atoms. The summed E-state index contributed by atoms with van der Waals surface area (Å²) in [6, 6.07) is 2.99. The maximum absolute atomic E-state index is 14.4. The Balaban J connectivity index is 1.51. The summed E-state index contributed by atoms with van der Waals surface area (Å²) in [5, 5.41) is 0. The summed E-state index contributed by atoms with van der Waals surface area (Å²) in [5.74, 6) is 1.00. The molecule has 2 fully saturated rings. The van der Waals surface area contributed by atoms with Crippen LogP contribution in [0.25, 0.3) is 0 Å². The van der Waals surface area contributed by atoms with Gasteiger partial charge in [0.05, 0.1) is 13.2 Å². The second-order valence-electron chi connectivity index (χ2n) is 8.70. The predicted molar refractivity (Wildman–Crippen MR) is 109 cm³/mol. The quantitative estimate of drug-likeness (QED) is 0.371. The van der Waals surface area contributed by atoms with Gasteiger partial charge in [-0.15, -0.1) is 0 Å². The minimum Gasteiger partial charge on any atom is -0.490 e. The van der Waals surface area contributed by atoms with Crippen LogP contribution in [0, 0.1) is 35.3 Å². The third kappa shape index (κ3) is 4.99. The second kappa shape index (κ2) is 10.5. The van der Waals surface area contributed by atoms with Crippen LogP contribution in [0.4, 0.5) is 8.78 Å². The highest BCUT2D eigenvalue weighted by molar-refractivity contribution is 5.35. The van der Waals surface area contributed by atoms with Gasteiger partial charge < -0.3 is 9.47 Å². The normalized spacial score (nSPS) is 26.4. The Bertz CT molecular complexity index is 619. The number of ether oxygens (including phenoxy) is 2. The lowest BCUT2D eigenvalue weighted by Crippen LogP contribution is -2.19. The first-order valence-corrected chi connectivity index (χ1v) is 11.4. The maximum Gasteiger partial charge on any atom is 0.204 e. The van der Waals surface area contributed by atoms with Crippen molar-refractivity contribution < 1.29 is 18.3 Å². The molecule has 28 heavy (non-hydrogen) atoms. The molecule has 0 saturated heterocycles. The van der Waals surface area contributed by atoms with Crippen molar-refractivity contribution in [2.75, 3.05) is 13.2 Å². The first-order valence-electron chi connectivity index (χ1n) is 11.4. The third-order valence-corrected chi connectivity index (χ3v) is 6.90. The van der Waals surface area contributed by atoms with Crippen molar-refractivity contribution in [1.29, 1.82) is 0 Å². The van der Waals surface area contributed by atoms with Crippen LogP contribution in [0.15, 0.2) is 12.1 Å². The molecular formula is C24H36F2O2. The number of benzene rings is 1. The van der Waals surface area contributed by atoms with Crippen molar-refractivity contribution in [1.82, 2.24) is 0 Å². The molecule has 0 heterocycles. The molecule has 0 N–H and O–H groups in total. The number of hydrogen-bond donors (Lipinski definition) is 0. The van der Waals surface area contributed by atoms with Crippen molar-refractivity contribution in [3.8, 4) is 11.5 Å². The molecule has 4 unspecified atom stereocenters. The molecule has 0 aliphatic heterocycles. The molecule has 158 valence electrons. The van der Waals surface area contributed by atoms with E-state index in [1.165, 1.54) is 57.1 Å². The van der Waals surface area contributed by atoms with E-state index in [9.17, 15) is 8.78 Å². The Hall–Kier alpha value is -1.32. The van der Waals surface area contributed by atoms with E-state index in [1.807, 2.05) is 6.92 Å². The minimum absolute atomic E-state index is 0.0151. The molecule has 0 radical (unpaired) electrons. The number of rotatable bonds is 11. The van der Waals surface area contributed by atoms with E-state index in [0.29, 0.717) is 25.0 Å². The Morgan fingerprint density at radius 3 is 2.07 bits per heavy atom. The molecule has 2 aliphatic rings. The average molecular weight is 395 g/mol. The van der Waals surface area contributed by atoms with Gasteiger partial charge in [0.25, 0.3) is 0 Å². The van der Waals surface area contributed by atoms with Crippen molar-refractivity contribution in [3.05, 3.63) is 23.8 Å². The van der Waals surface area contributed by atoms with Gasteiger partial charge in [-0.1, -0.05) is 46.0 Å². The molecule has 3 rings (SSSR count). The zero-order valence-corrected chi connectivity index (χ0v) is 17.5. The molecule has 1 aromatic carbocycles. The van der Waals surface area contributed by atoms with Crippen LogP contribution in [0.2, 0.25) is 0 Å². The van der Waals surface area contributed by atoms with Crippen LogP contribution in [0.1, 0.15) is 78.1 Å². The summed E-state index contributed by atoms with van der Waals surface area (Å²) in [6.07, 6.45) is 12.1. The van der Waals surface area contributed by atoms with Gasteiger partial charge >= 0.3 is 0 Å². The molecule has 4 atom stereocenters. The molecular weight excluding hydrogens is 358 g/mol. The zero-order valence-electron chi connectivity index (χ0n) is 17.5. The Kier molecular flexibility index (Phi) is 7.99. The largest absolute Gasteiger partial charge is 0.490 e. The molecule has 2 saturated carbocycles. The van der Waals surface area contributed by atoms with Crippen LogP contribution >= 0.6 is 0 Å². The monoisotopic (exact) mass is 394 g/mol. The van der Waals surface area contributed by atoms with E-state index in [-0.39, 0.29) is 11.5 Å². The van der Waals surface area contributed by atoms with Gasteiger partial charge in [0.15, 0.2) is 11.5 Å². The van der Waals surface area contributed by atoms with Gasteiger partial charge in [0.1, 0.15) is 0 Å². The summed E-state index contributed by atoms with van der Waals surface area (Å²) < 4.78 is 39.7. The SMILES string of the molecule is CCCCCC1CCC2C(COc3ccc(OCCCC)c(F)c3F)CCC12. The predicted octanol–water partition coefficient (Wildman–Crippen LogP) is 7.16. The Labute approximate surface area is 169 Å². The minimum atomic E-state index is -0.935. The Morgan fingerprint density at radius 1 is 0.786 bits per heavy atom. The fraction of sp³-hybridized carbons (Fsp3) is 0.750. The van der Waals surface area contributed by atoms with Crippen LogP contribution in [-0.4, -0.2) is 13.2 Å². The van der Waals surface area contributed by atoms with E-state index < -0.39 is 11.6 Å². The van der Waals surface area contributed by atoms with Gasteiger partial charge in [-0.3, -0.25) is 0 Å². The summed E-state index contributed by atoms with van der Waals surface area (Å²) in [7, 11) is 0.